The van der Waals surface area contributed by atoms with Crippen molar-refractivity contribution in [1.29, 1.82) is 0 Å². The number of carbonyl (C=O) groups excluding carboxylic acids is 2. The average molecular weight is 420 g/mol. The molecule has 1 amide bonds. The van der Waals surface area contributed by atoms with E-state index in [0.29, 0.717) is 16.5 Å². The topological polar surface area (TPSA) is 73.9 Å². The first-order valence-electron chi connectivity index (χ1n) is 9.32. The van der Waals surface area contributed by atoms with E-state index in [9.17, 15) is 9.59 Å². The molecule has 29 heavy (non-hydrogen) atoms. The number of ether oxygens (including phenoxy) is 3. The molecule has 7 heteroatoms. The van der Waals surface area contributed by atoms with Gasteiger partial charge in [0.1, 0.15) is 11.5 Å². The van der Waals surface area contributed by atoms with E-state index >= 15 is 0 Å². The van der Waals surface area contributed by atoms with Crippen LogP contribution in [-0.2, 0) is 14.3 Å². The van der Waals surface area contributed by atoms with Crippen LogP contribution in [0.15, 0.2) is 36.4 Å². The normalized spacial score (nSPS) is 11.5. The number of hydrogen-bond acceptors (Lipinski definition) is 5. The molecule has 1 atom stereocenters. The highest BCUT2D eigenvalue weighted by Crippen LogP contribution is 2.26. The fraction of sp³-hybridized carbons (Fsp3) is 0.364. The molecule has 0 saturated carbocycles. The van der Waals surface area contributed by atoms with Crippen molar-refractivity contribution >= 4 is 23.5 Å². The van der Waals surface area contributed by atoms with Crippen LogP contribution in [0.4, 0.5) is 0 Å². The molecule has 0 spiro atoms. The van der Waals surface area contributed by atoms with Crippen molar-refractivity contribution in [1.82, 2.24) is 5.32 Å². The number of nitrogens with one attached hydrogen (secondary N) is 1. The second-order valence-electron chi connectivity index (χ2n) is 6.56. The minimum Gasteiger partial charge on any atom is -0.497 e. The lowest BCUT2D eigenvalue weighted by Crippen LogP contribution is -2.34. The van der Waals surface area contributed by atoms with Gasteiger partial charge in [0, 0.05) is 5.02 Å². The van der Waals surface area contributed by atoms with Crippen molar-refractivity contribution in [2.45, 2.75) is 33.2 Å². The van der Waals surface area contributed by atoms with Gasteiger partial charge in [-0.25, -0.2) is 0 Å². The maximum Gasteiger partial charge on any atom is 0.308 e. The van der Waals surface area contributed by atoms with E-state index in [1.807, 2.05) is 13.8 Å². The van der Waals surface area contributed by atoms with E-state index in [1.165, 1.54) is 0 Å². The summed E-state index contributed by atoms with van der Waals surface area (Å²) >= 11 is 6.16. The highest BCUT2D eigenvalue weighted by molar-refractivity contribution is 6.32. The van der Waals surface area contributed by atoms with Crippen molar-refractivity contribution in [2.75, 3.05) is 20.3 Å². The maximum absolute atomic E-state index is 12.5. The number of halogens is 1. The Labute approximate surface area is 176 Å². The Morgan fingerprint density at radius 2 is 1.69 bits per heavy atom. The summed E-state index contributed by atoms with van der Waals surface area (Å²) in [6.45, 7) is 5.59. The second kappa shape index (κ2) is 10.7. The number of aryl methyl sites for hydroxylation is 2. The summed E-state index contributed by atoms with van der Waals surface area (Å²) in [5.74, 6) is 0.511. The molecule has 6 nitrogen and oxygen atoms in total. The van der Waals surface area contributed by atoms with Gasteiger partial charge in [-0.1, -0.05) is 23.7 Å². The number of amides is 1. The summed E-state index contributed by atoms with van der Waals surface area (Å²) in [6, 6.07) is 10.2. The Morgan fingerprint density at radius 1 is 1.07 bits per heavy atom. The first kappa shape index (κ1) is 22.6. The predicted molar refractivity (Wildman–Crippen MR) is 112 cm³/mol. The third-order valence-electron chi connectivity index (χ3n) is 4.31. The zero-order valence-electron chi connectivity index (χ0n) is 17.1. The van der Waals surface area contributed by atoms with E-state index in [4.69, 9.17) is 25.8 Å². The van der Waals surface area contributed by atoms with Gasteiger partial charge in [0.15, 0.2) is 6.61 Å². The predicted octanol–water partition coefficient (Wildman–Crippen LogP) is 4.15. The van der Waals surface area contributed by atoms with E-state index in [2.05, 4.69) is 5.32 Å². The molecule has 0 aromatic heterocycles. The van der Waals surface area contributed by atoms with Crippen LogP contribution < -0.4 is 14.8 Å². The molecule has 0 bridgehead atoms. The molecule has 0 radical (unpaired) electrons. The molecule has 0 saturated heterocycles. The van der Waals surface area contributed by atoms with Gasteiger partial charge in [0.2, 0.25) is 0 Å². The molecule has 156 valence electrons. The molecule has 2 aromatic rings. The molecule has 1 unspecified atom stereocenters. The maximum atomic E-state index is 12.5. The third kappa shape index (κ3) is 6.68. The third-order valence-corrected chi connectivity index (χ3v) is 4.91. The molecule has 0 aliphatic carbocycles. The molecule has 0 heterocycles. The lowest BCUT2D eigenvalue weighted by atomic mass is 10.0. The van der Waals surface area contributed by atoms with Gasteiger partial charge >= 0.3 is 5.97 Å². The Kier molecular flexibility index (Phi) is 8.34. The largest absolute Gasteiger partial charge is 0.497 e. The van der Waals surface area contributed by atoms with Crippen LogP contribution in [0.5, 0.6) is 11.5 Å². The number of rotatable bonds is 9. The number of benzene rings is 2. The van der Waals surface area contributed by atoms with Gasteiger partial charge in [-0.05, 0) is 61.7 Å². The number of hydrogen-bond donors (Lipinski definition) is 1. The van der Waals surface area contributed by atoms with Crippen molar-refractivity contribution in [3.63, 3.8) is 0 Å². The molecule has 0 fully saturated rings. The average Bonchev–Trinajstić information content (AvgIpc) is 2.70. The molecule has 2 aromatic carbocycles. The zero-order chi connectivity index (χ0) is 21.4. The first-order valence-corrected chi connectivity index (χ1v) is 9.70. The standard InChI is InChI=1S/C22H26ClNO5/c1-5-28-21(26)12-19(16-6-8-17(27-4)9-7-16)24-20(25)13-29-18-10-14(2)22(23)15(3)11-18/h6-11,19H,5,12-13H2,1-4H3,(H,24,25). The summed E-state index contributed by atoms with van der Waals surface area (Å²) in [5, 5.41) is 3.52. The van der Waals surface area contributed by atoms with Gasteiger partial charge in [-0.15, -0.1) is 0 Å². The monoisotopic (exact) mass is 419 g/mol. The highest BCUT2D eigenvalue weighted by Gasteiger charge is 2.20. The fourth-order valence-corrected chi connectivity index (χ4v) is 2.96. The molecule has 0 aliphatic heterocycles. The number of methoxy groups -OCH3 is 1. The van der Waals surface area contributed by atoms with E-state index < -0.39 is 12.0 Å². The van der Waals surface area contributed by atoms with Crippen LogP contribution in [0, 0.1) is 13.8 Å². The van der Waals surface area contributed by atoms with Gasteiger partial charge in [0.05, 0.1) is 26.2 Å². The molecule has 1 N–H and O–H groups in total. The summed E-state index contributed by atoms with van der Waals surface area (Å²) < 4.78 is 15.8. The van der Waals surface area contributed by atoms with Crippen molar-refractivity contribution in [3.8, 4) is 11.5 Å². The van der Waals surface area contributed by atoms with Gasteiger partial charge in [-0.2, -0.15) is 0 Å². The SMILES string of the molecule is CCOC(=O)CC(NC(=O)COc1cc(C)c(Cl)c(C)c1)c1ccc(OC)cc1. The van der Waals surface area contributed by atoms with Crippen molar-refractivity contribution < 1.29 is 23.8 Å². The minimum atomic E-state index is -0.537. The smallest absolute Gasteiger partial charge is 0.308 e. The first-order chi connectivity index (χ1) is 13.8. The van der Waals surface area contributed by atoms with Crippen LogP contribution in [-0.4, -0.2) is 32.2 Å². The minimum absolute atomic E-state index is 0.0189. The van der Waals surface area contributed by atoms with E-state index in [0.717, 1.165) is 16.7 Å². The lowest BCUT2D eigenvalue weighted by Gasteiger charge is -2.19. The van der Waals surface area contributed by atoms with Crippen LogP contribution in [0.25, 0.3) is 0 Å². The summed E-state index contributed by atoms with van der Waals surface area (Å²) in [6.07, 6.45) is 0.0189. The molecule has 0 aliphatic rings. The van der Waals surface area contributed by atoms with Crippen molar-refractivity contribution in [2.24, 2.45) is 0 Å². The van der Waals surface area contributed by atoms with Gasteiger partial charge in [0.25, 0.3) is 5.91 Å². The molecule has 2 rings (SSSR count). The summed E-state index contributed by atoms with van der Waals surface area (Å²) in [5.41, 5.74) is 2.52. The quantitative estimate of drug-likeness (QED) is 0.618. The Balaban J connectivity index is 2.06. The van der Waals surface area contributed by atoms with Crippen LogP contribution in [0.2, 0.25) is 5.02 Å². The zero-order valence-corrected chi connectivity index (χ0v) is 17.8. The molecular weight excluding hydrogens is 394 g/mol. The highest BCUT2D eigenvalue weighted by atomic mass is 35.5. The Bertz CT molecular complexity index is 828. The van der Waals surface area contributed by atoms with Crippen LogP contribution >= 0.6 is 11.6 Å². The lowest BCUT2D eigenvalue weighted by molar-refractivity contribution is -0.143. The van der Waals surface area contributed by atoms with Gasteiger partial charge < -0.3 is 19.5 Å². The number of carbonyl (C=O) groups is 2. The second-order valence-corrected chi connectivity index (χ2v) is 6.94. The Hall–Kier alpha value is -2.73. The van der Waals surface area contributed by atoms with E-state index in [1.54, 1.807) is 50.4 Å². The van der Waals surface area contributed by atoms with E-state index in [-0.39, 0.29) is 25.5 Å². The van der Waals surface area contributed by atoms with Gasteiger partial charge in [-0.3, -0.25) is 9.59 Å². The van der Waals surface area contributed by atoms with Crippen LogP contribution in [0.1, 0.15) is 36.1 Å². The molecular formula is C22H26ClNO5. The fourth-order valence-electron chi connectivity index (χ4n) is 2.85. The Morgan fingerprint density at radius 3 is 2.24 bits per heavy atom. The summed E-state index contributed by atoms with van der Waals surface area (Å²) in [4.78, 5) is 24.4. The summed E-state index contributed by atoms with van der Waals surface area (Å²) in [7, 11) is 1.57. The number of esters is 1. The van der Waals surface area contributed by atoms with Crippen LogP contribution in [0.3, 0.4) is 0 Å². The van der Waals surface area contributed by atoms with Crippen molar-refractivity contribution in [3.05, 3.63) is 58.1 Å².